The summed E-state index contributed by atoms with van der Waals surface area (Å²) in [6.07, 6.45) is 5.11. The van der Waals surface area contributed by atoms with Crippen LogP contribution in [0.4, 0.5) is 0 Å². The highest BCUT2D eigenvalue weighted by molar-refractivity contribution is 5.04. The van der Waals surface area contributed by atoms with Crippen LogP contribution in [-0.4, -0.2) is 37.6 Å². The molecule has 0 aromatic heterocycles. The van der Waals surface area contributed by atoms with Crippen molar-refractivity contribution in [2.24, 2.45) is 22.8 Å². The van der Waals surface area contributed by atoms with E-state index in [2.05, 4.69) is 11.9 Å². The highest BCUT2D eigenvalue weighted by atomic mass is 15.1. The van der Waals surface area contributed by atoms with Gasteiger partial charge in [0.1, 0.15) is 0 Å². The average Bonchev–Trinajstić information content (AvgIpc) is 2.97. The summed E-state index contributed by atoms with van der Waals surface area (Å²) < 4.78 is 0. The first-order valence-corrected chi connectivity index (χ1v) is 5.82. The third-order valence-electron chi connectivity index (χ3n) is 4.17. The van der Waals surface area contributed by atoms with Gasteiger partial charge in [-0.25, -0.2) is 0 Å². The summed E-state index contributed by atoms with van der Waals surface area (Å²) >= 11 is 0. The van der Waals surface area contributed by atoms with Crippen LogP contribution in [0.3, 0.4) is 0 Å². The molecule has 0 aromatic rings. The van der Waals surface area contributed by atoms with Gasteiger partial charge >= 0.3 is 0 Å². The van der Waals surface area contributed by atoms with Crippen molar-refractivity contribution < 1.29 is 0 Å². The topological polar surface area (TPSA) is 55.3 Å². The van der Waals surface area contributed by atoms with Gasteiger partial charge in [0.25, 0.3) is 0 Å². The summed E-state index contributed by atoms with van der Waals surface area (Å²) in [4.78, 5) is 2.40. The van der Waals surface area contributed by atoms with Gasteiger partial charge < -0.3 is 16.4 Å². The Balaban J connectivity index is 1.93. The van der Waals surface area contributed by atoms with Crippen LogP contribution in [0, 0.1) is 11.3 Å². The summed E-state index contributed by atoms with van der Waals surface area (Å²) in [5.41, 5.74) is 12.5. The Kier molecular flexibility index (Phi) is 2.82. The third-order valence-corrected chi connectivity index (χ3v) is 4.17. The molecule has 3 heteroatoms. The van der Waals surface area contributed by atoms with Gasteiger partial charge in [-0.15, -0.1) is 0 Å². The van der Waals surface area contributed by atoms with E-state index < -0.39 is 0 Å². The van der Waals surface area contributed by atoms with Crippen LogP contribution in [0.1, 0.15) is 25.7 Å². The van der Waals surface area contributed by atoms with Gasteiger partial charge in [0.2, 0.25) is 0 Å². The molecular formula is C11H23N3. The van der Waals surface area contributed by atoms with E-state index in [-0.39, 0.29) is 0 Å². The average molecular weight is 197 g/mol. The fraction of sp³-hybridized carbons (Fsp3) is 1.00. The number of piperidine rings is 1. The number of hydrogen-bond acceptors (Lipinski definition) is 3. The molecule has 0 aromatic carbocycles. The zero-order valence-corrected chi connectivity index (χ0v) is 9.21. The molecule has 1 aliphatic carbocycles. The van der Waals surface area contributed by atoms with Crippen molar-refractivity contribution in [3.63, 3.8) is 0 Å². The zero-order chi connectivity index (χ0) is 10.2. The lowest BCUT2D eigenvalue weighted by molar-refractivity contribution is 0.157. The van der Waals surface area contributed by atoms with E-state index in [4.69, 9.17) is 11.5 Å². The Bertz CT molecular complexity index is 201. The number of nitrogens with two attached hydrogens (primary N) is 2. The van der Waals surface area contributed by atoms with Crippen molar-refractivity contribution in [3.8, 4) is 0 Å². The molecule has 2 rings (SSSR count). The molecule has 82 valence electrons. The minimum absolute atomic E-state index is 0.322. The van der Waals surface area contributed by atoms with Crippen molar-refractivity contribution in [1.29, 1.82) is 0 Å². The maximum absolute atomic E-state index is 6.35. The van der Waals surface area contributed by atoms with E-state index in [0.29, 0.717) is 17.4 Å². The summed E-state index contributed by atoms with van der Waals surface area (Å²) in [5, 5.41) is 0. The molecule has 2 aliphatic rings. The molecule has 0 spiro atoms. The van der Waals surface area contributed by atoms with E-state index in [1.165, 1.54) is 38.8 Å². The lowest BCUT2D eigenvalue weighted by Crippen LogP contribution is -2.48. The van der Waals surface area contributed by atoms with Crippen molar-refractivity contribution >= 4 is 0 Å². The third kappa shape index (κ3) is 1.81. The highest BCUT2D eigenvalue weighted by Crippen LogP contribution is 2.49. The predicted octanol–water partition coefficient (Wildman–Crippen LogP) is 0.394. The van der Waals surface area contributed by atoms with Crippen LogP contribution in [0.2, 0.25) is 0 Å². The number of nitrogens with zero attached hydrogens (tertiary/aromatic N) is 1. The van der Waals surface area contributed by atoms with Crippen LogP contribution >= 0.6 is 0 Å². The first-order valence-electron chi connectivity index (χ1n) is 5.82. The van der Waals surface area contributed by atoms with Gasteiger partial charge in [-0.1, -0.05) is 0 Å². The largest absolute Gasteiger partial charge is 0.330 e. The van der Waals surface area contributed by atoms with Crippen LogP contribution < -0.4 is 11.5 Å². The fourth-order valence-electron chi connectivity index (χ4n) is 2.83. The molecule has 1 saturated heterocycles. The molecule has 0 amide bonds. The first kappa shape index (κ1) is 10.4. The van der Waals surface area contributed by atoms with E-state index >= 15 is 0 Å². The Morgan fingerprint density at radius 1 is 1.50 bits per heavy atom. The maximum Gasteiger partial charge on any atom is 0.0148 e. The summed E-state index contributed by atoms with van der Waals surface area (Å²) in [5.74, 6) is 0.680. The quantitative estimate of drug-likeness (QED) is 0.688. The summed E-state index contributed by atoms with van der Waals surface area (Å²) in [6, 6.07) is 0.343. The number of rotatable bonds is 3. The van der Waals surface area contributed by atoms with Crippen LogP contribution in [-0.2, 0) is 0 Å². The van der Waals surface area contributed by atoms with Gasteiger partial charge in [0.15, 0.2) is 0 Å². The molecule has 14 heavy (non-hydrogen) atoms. The molecule has 2 unspecified atom stereocenters. The second kappa shape index (κ2) is 3.80. The Hall–Kier alpha value is -0.120. The molecule has 0 bridgehead atoms. The van der Waals surface area contributed by atoms with Crippen LogP contribution in [0.25, 0.3) is 0 Å². The van der Waals surface area contributed by atoms with Crippen molar-refractivity contribution in [2.75, 3.05) is 26.7 Å². The van der Waals surface area contributed by atoms with Gasteiger partial charge in [0, 0.05) is 12.6 Å². The normalized spacial score (nSPS) is 34.1. The van der Waals surface area contributed by atoms with Gasteiger partial charge in [-0.2, -0.15) is 0 Å². The standard InChI is InChI=1S/C11H23N3/c1-14-6-2-3-9(7-14)10(13)11(8-12)4-5-11/h9-10H,2-8,12-13H2,1H3. The van der Waals surface area contributed by atoms with Crippen molar-refractivity contribution in [2.45, 2.75) is 31.7 Å². The summed E-state index contributed by atoms with van der Waals surface area (Å²) in [7, 11) is 2.20. The molecule has 3 nitrogen and oxygen atoms in total. The zero-order valence-electron chi connectivity index (χ0n) is 9.21. The second-order valence-corrected chi connectivity index (χ2v) is 5.26. The van der Waals surface area contributed by atoms with E-state index in [0.717, 1.165) is 6.54 Å². The number of hydrogen-bond donors (Lipinski definition) is 2. The second-order valence-electron chi connectivity index (χ2n) is 5.26. The first-order chi connectivity index (χ1) is 6.68. The minimum Gasteiger partial charge on any atom is -0.330 e. The molecule has 2 fully saturated rings. The monoisotopic (exact) mass is 197 g/mol. The van der Waals surface area contributed by atoms with Crippen LogP contribution in [0.5, 0.6) is 0 Å². The number of likely N-dealkylation sites (tertiary alicyclic amines) is 1. The smallest absolute Gasteiger partial charge is 0.0148 e. The fourth-order valence-corrected chi connectivity index (χ4v) is 2.83. The van der Waals surface area contributed by atoms with E-state index in [1.807, 2.05) is 0 Å². The van der Waals surface area contributed by atoms with Crippen molar-refractivity contribution in [3.05, 3.63) is 0 Å². The molecule has 2 atom stereocenters. The lowest BCUT2D eigenvalue weighted by atomic mass is 9.82. The van der Waals surface area contributed by atoms with Gasteiger partial charge in [0.05, 0.1) is 0 Å². The molecule has 1 aliphatic heterocycles. The minimum atomic E-state index is 0.322. The van der Waals surface area contributed by atoms with Crippen molar-refractivity contribution in [1.82, 2.24) is 4.90 Å². The predicted molar refractivity (Wildman–Crippen MR) is 58.9 cm³/mol. The van der Waals surface area contributed by atoms with Crippen LogP contribution in [0.15, 0.2) is 0 Å². The van der Waals surface area contributed by atoms with E-state index in [9.17, 15) is 0 Å². The Morgan fingerprint density at radius 3 is 2.71 bits per heavy atom. The maximum atomic E-state index is 6.35. The SMILES string of the molecule is CN1CCCC(C(N)C2(CN)CC2)C1. The Labute approximate surface area is 86.8 Å². The van der Waals surface area contributed by atoms with E-state index in [1.54, 1.807) is 0 Å². The molecule has 1 heterocycles. The van der Waals surface area contributed by atoms with Gasteiger partial charge in [-0.3, -0.25) is 0 Å². The lowest BCUT2D eigenvalue weighted by Gasteiger charge is -2.37. The molecular weight excluding hydrogens is 174 g/mol. The Morgan fingerprint density at radius 2 is 2.21 bits per heavy atom. The summed E-state index contributed by atoms with van der Waals surface area (Å²) in [6.45, 7) is 3.19. The molecule has 1 saturated carbocycles. The molecule has 0 radical (unpaired) electrons. The van der Waals surface area contributed by atoms with Gasteiger partial charge in [-0.05, 0) is 57.2 Å². The highest BCUT2D eigenvalue weighted by Gasteiger charge is 2.49. The molecule has 4 N–H and O–H groups in total.